The number of hydrogen-bond acceptors (Lipinski definition) is 4. The highest BCUT2D eigenvalue weighted by atomic mass is 32.2. The highest BCUT2D eigenvalue weighted by Gasteiger charge is 2.14. The molecule has 0 radical (unpaired) electrons. The Morgan fingerprint density at radius 3 is 2.50 bits per heavy atom. The summed E-state index contributed by atoms with van der Waals surface area (Å²) in [6.07, 6.45) is 2.97. The van der Waals surface area contributed by atoms with E-state index in [1.54, 1.807) is 4.68 Å². The van der Waals surface area contributed by atoms with Gasteiger partial charge < -0.3 is 5.73 Å². The minimum absolute atomic E-state index is 0.119. The van der Waals surface area contributed by atoms with Gasteiger partial charge in [-0.25, -0.2) is 8.42 Å². The van der Waals surface area contributed by atoms with Crippen LogP contribution in [-0.2, 0) is 22.8 Å². The summed E-state index contributed by atoms with van der Waals surface area (Å²) in [5, 5.41) is 4.40. The predicted octanol–water partition coefficient (Wildman–Crippen LogP) is 0.824. The standard InChI is InChI=1S/C12H23N3O2S/c1-5-11(13)8-12-9(2)14-15(10(12)3)6-7-18(4,16)17/h11H,5-8,13H2,1-4H3. The molecule has 0 saturated heterocycles. The molecule has 0 aliphatic carbocycles. The van der Waals surface area contributed by atoms with Crippen LogP contribution >= 0.6 is 0 Å². The lowest BCUT2D eigenvalue weighted by molar-refractivity contribution is 0.580. The first-order valence-electron chi connectivity index (χ1n) is 6.20. The van der Waals surface area contributed by atoms with Crippen LogP contribution in [0.25, 0.3) is 0 Å². The first kappa shape index (κ1) is 15.2. The number of nitrogens with zero attached hydrogens (tertiary/aromatic N) is 2. The number of sulfone groups is 1. The van der Waals surface area contributed by atoms with E-state index in [-0.39, 0.29) is 11.8 Å². The van der Waals surface area contributed by atoms with Crippen LogP contribution in [0.5, 0.6) is 0 Å². The van der Waals surface area contributed by atoms with Crippen molar-refractivity contribution >= 4 is 9.84 Å². The van der Waals surface area contributed by atoms with Crippen molar-refractivity contribution in [2.75, 3.05) is 12.0 Å². The summed E-state index contributed by atoms with van der Waals surface area (Å²) in [5.74, 6) is 0.119. The minimum Gasteiger partial charge on any atom is -0.327 e. The van der Waals surface area contributed by atoms with Gasteiger partial charge in [0, 0.05) is 18.0 Å². The summed E-state index contributed by atoms with van der Waals surface area (Å²) in [7, 11) is -2.96. The molecule has 0 amide bonds. The fourth-order valence-electron chi connectivity index (χ4n) is 1.91. The van der Waals surface area contributed by atoms with Crippen molar-refractivity contribution in [3.63, 3.8) is 0 Å². The Morgan fingerprint density at radius 1 is 1.39 bits per heavy atom. The van der Waals surface area contributed by atoms with E-state index in [1.165, 1.54) is 6.26 Å². The molecule has 5 nitrogen and oxygen atoms in total. The molecule has 18 heavy (non-hydrogen) atoms. The molecule has 0 fully saturated rings. The van der Waals surface area contributed by atoms with Gasteiger partial charge in [-0.1, -0.05) is 6.92 Å². The van der Waals surface area contributed by atoms with E-state index in [2.05, 4.69) is 12.0 Å². The fourth-order valence-corrected chi connectivity index (χ4v) is 2.41. The van der Waals surface area contributed by atoms with Crippen molar-refractivity contribution in [1.82, 2.24) is 9.78 Å². The third-order valence-electron chi connectivity index (χ3n) is 3.20. The van der Waals surface area contributed by atoms with Crippen molar-refractivity contribution in [2.45, 2.75) is 46.2 Å². The summed E-state index contributed by atoms with van der Waals surface area (Å²) in [6.45, 7) is 6.39. The predicted molar refractivity (Wildman–Crippen MR) is 73.4 cm³/mol. The molecule has 0 aliphatic rings. The van der Waals surface area contributed by atoms with E-state index in [4.69, 9.17) is 5.73 Å². The maximum atomic E-state index is 11.2. The zero-order chi connectivity index (χ0) is 13.9. The van der Waals surface area contributed by atoms with Crippen LogP contribution in [0.15, 0.2) is 0 Å². The Labute approximate surface area is 109 Å². The first-order chi connectivity index (χ1) is 8.24. The largest absolute Gasteiger partial charge is 0.327 e. The molecule has 1 aromatic rings. The van der Waals surface area contributed by atoms with Gasteiger partial charge in [0.15, 0.2) is 0 Å². The van der Waals surface area contributed by atoms with E-state index in [1.807, 2.05) is 13.8 Å². The van der Waals surface area contributed by atoms with Gasteiger partial charge in [0.05, 0.1) is 18.0 Å². The van der Waals surface area contributed by atoms with E-state index in [0.29, 0.717) is 6.54 Å². The van der Waals surface area contributed by atoms with Crippen molar-refractivity contribution in [3.05, 3.63) is 17.0 Å². The molecular weight excluding hydrogens is 250 g/mol. The van der Waals surface area contributed by atoms with Crippen molar-refractivity contribution in [2.24, 2.45) is 5.73 Å². The smallest absolute Gasteiger partial charge is 0.149 e. The van der Waals surface area contributed by atoms with E-state index in [0.717, 1.165) is 29.8 Å². The number of aromatic nitrogens is 2. The maximum Gasteiger partial charge on any atom is 0.149 e. The lowest BCUT2D eigenvalue weighted by Crippen LogP contribution is -2.22. The molecule has 0 aromatic carbocycles. The molecular formula is C12H23N3O2S. The summed E-state index contributed by atoms with van der Waals surface area (Å²) < 4.78 is 24.1. The van der Waals surface area contributed by atoms with Gasteiger partial charge >= 0.3 is 0 Å². The lowest BCUT2D eigenvalue weighted by Gasteiger charge is -2.09. The summed E-state index contributed by atoms with van der Waals surface area (Å²) in [5.41, 5.74) is 9.09. The number of aryl methyl sites for hydroxylation is 2. The molecule has 0 bridgehead atoms. The van der Waals surface area contributed by atoms with Gasteiger partial charge in [-0.3, -0.25) is 4.68 Å². The average molecular weight is 273 g/mol. The third kappa shape index (κ3) is 4.10. The minimum atomic E-state index is -2.96. The average Bonchev–Trinajstić information content (AvgIpc) is 2.53. The monoisotopic (exact) mass is 273 g/mol. The second kappa shape index (κ2) is 5.84. The number of hydrogen-bond donors (Lipinski definition) is 1. The molecule has 6 heteroatoms. The summed E-state index contributed by atoms with van der Waals surface area (Å²) >= 11 is 0. The second-order valence-electron chi connectivity index (χ2n) is 4.87. The Bertz CT molecular complexity index is 506. The van der Waals surface area contributed by atoms with Gasteiger partial charge in [-0.05, 0) is 32.3 Å². The Morgan fingerprint density at radius 2 is 2.00 bits per heavy atom. The molecule has 2 N–H and O–H groups in total. The quantitative estimate of drug-likeness (QED) is 0.832. The van der Waals surface area contributed by atoms with Gasteiger partial charge in [0.2, 0.25) is 0 Å². The molecule has 0 saturated carbocycles. The van der Waals surface area contributed by atoms with Crippen LogP contribution in [0.3, 0.4) is 0 Å². The summed E-state index contributed by atoms with van der Waals surface area (Å²) in [4.78, 5) is 0. The van der Waals surface area contributed by atoms with Gasteiger partial charge in [-0.2, -0.15) is 5.10 Å². The topological polar surface area (TPSA) is 78.0 Å². The number of nitrogens with two attached hydrogens (primary N) is 1. The van der Waals surface area contributed by atoms with Gasteiger partial charge in [0.1, 0.15) is 9.84 Å². The van der Waals surface area contributed by atoms with Gasteiger partial charge in [-0.15, -0.1) is 0 Å². The molecule has 104 valence electrons. The van der Waals surface area contributed by atoms with Crippen LogP contribution in [0.4, 0.5) is 0 Å². The van der Waals surface area contributed by atoms with Crippen LogP contribution in [-0.4, -0.2) is 36.2 Å². The lowest BCUT2D eigenvalue weighted by atomic mass is 10.0. The normalized spacial score (nSPS) is 13.8. The zero-order valence-corrected chi connectivity index (χ0v) is 12.4. The molecule has 1 atom stereocenters. The van der Waals surface area contributed by atoms with Crippen LogP contribution in [0.1, 0.15) is 30.3 Å². The van der Waals surface area contributed by atoms with Gasteiger partial charge in [0.25, 0.3) is 0 Å². The fraction of sp³-hybridized carbons (Fsp3) is 0.750. The Balaban J connectivity index is 2.87. The molecule has 1 aromatic heterocycles. The molecule has 0 aliphatic heterocycles. The van der Waals surface area contributed by atoms with Crippen LogP contribution in [0.2, 0.25) is 0 Å². The second-order valence-corrected chi connectivity index (χ2v) is 7.13. The highest BCUT2D eigenvalue weighted by molar-refractivity contribution is 7.90. The Hall–Kier alpha value is -0.880. The van der Waals surface area contributed by atoms with E-state index >= 15 is 0 Å². The first-order valence-corrected chi connectivity index (χ1v) is 8.26. The van der Waals surface area contributed by atoms with Crippen LogP contribution in [0, 0.1) is 13.8 Å². The van der Waals surface area contributed by atoms with E-state index in [9.17, 15) is 8.42 Å². The molecule has 1 heterocycles. The molecule has 1 unspecified atom stereocenters. The van der Waals surface area contributed by atoms with Crippen molar-refractivity contribution in [1.29, 1.82) is 0 Å². The van der Waals surface area contributed by atoms with Crippen molar-refractivity contribution < 1.29 is 8.42 Å². The summed E-state index contributed by atoms with van der Waals surface area (Å²) in [6, 6.07) is 0.134. The molecule has 0 spiro atoms. The zero-order valence-electron chi connectivity index (χ0n) is 11.6. The van der Waals surface area contributed by atoms with Crippen LogP contribution < -0.4 is 5.73 Å². The van der Waals surface area contributed by atoms with Crippen molar-refractivity contribution in [3.8, 4) is 0 Å². The highest BCUT2D eigenvalue weighted by Crippen LogP contribution is 2.15. The van der Waals surface area contributed by atoms with E-state index < -0.39 is 9.84 Å². The maximum absolute atomic E-state index is 11.2. The Kier molecular flexibility index (Phi) is 4.92. The third-order valence-corrected chi connectivity index (χ3v) is 4.12. The molecule has 1 rings (SSSR count). The number of rotatable bonds is 6. The SMILES string of the molecule is CCC(N)Cc1c(C)nn(CCS(C)(=O)=O)c1C.